The van der Waals surface area contributed by atoms with E-state index in [0.717, 1.165) is 30.4 Å². The summed E-state index contributed by atoms with van der Waals surface area (Å²) in [5.74, 6) is 2.27. The van der Waals surface area contributed by atoms with Crippen molar-refractivity contribution in [3.8, 4) is 0 Å². The van der Waals surface area contributed by atoms with Crippen LogP contribution in [-0.2, 0) is 11.3 Å². The molecule has 23 heavy (non-hydrogen) atoms. The van der Waals surface area contributed by atoms with Gasteiger partial charge in [0.15, 0.2) is 5.16 Å². The van der Waals surface area contributed by atoms with Crippen molar-refractivity contribution >= 4 is 17.7 Å². The number of aromatic nitrogens is 3. The van der Waals surface area contributed by atoms with E-state index in [4.69, 9.17) is 0 Å². The van der Waals surface area contributed by atoms with Gasteiger partial charge in [0.05, 0.1) is 5.75 Å². The molecule has 6 heteroatoms. The molecule has 2 saturated carbocycles. The molecule has 1 aromatic heterocycles. The van der Waals surface area contributed by atoms with Gasteiger partial charge in [-0.05, 0) is 32.6 Å². The number of thioether (sulfide) groups is 1. The summed E-state index contributed by atoms with van der Waals surface area (Å²) in [4.78, 5) is 12.2. The first-order valence-corrected chi connectivity index (χ1v) is 10.1. The monoisotopic (exact) mass is 336 g/mol. The Morgan fingerprint density at radius 1 is 1.13 bits per heavy atom. The highest BCUT2D eigenvalue weighted by Crippen LogP contribution is 2.34. The molecule has 2 aliphatic rings. The van der Waals surface area contributed by atoms with Gasteiger partial charge in [0, 0.05) is 18.5 Å². The second-order valence-electron chi connectivity index (χ2n) is 6.76. The van der Waals surface area contributed by atoms with E-state index in [2.05, 4.69) is 27.0 Å². The molecule has 1 aromatic rings. The van der Waals surface area contributed by atoms with E-state index in [1.165, 1.54) is 56.7 Å². The molecule has 0 bridgehead atoms. The molecule has 1 N–H and O–H groups in total. The van der Waals surface area contributed by atoms with E-state index in [0.29, 0.717) is 17.7 Å². The minimum absolute atomic E-state index is 0.134. The summed E-state index contributed by atoms with van der Waals surface area (Å²) < 4.78 is 2.20. The molecular formula is C17H28N4OS. The van der Waals surface area contributed by atoms with Gasteiger partial charge in [0.25, 0.3) is 0 Å². The molecule has 3 rings (SSSR count). The first-order valence-electron chi connectivity index (χ1n) is 9.13. The quantitative estimate of drug-likeness (QED) is 0.808. The fourth-order valence-corrected chi connectivity index (χ4v) is 4.66. The summed E-state index contributed by atoms with van der Waals surface area (Å²) >= 11 is 1.53. The number of nitrogens with one attached hydrogen (secondary N) is 1. The maximum absolute atomic E-state index is 12.2. The zero-order valence-corrected chi connectivity index (χ0v) is 14.9. The van der Waals surface area contributed by atoms with Crippen molar-refractivity contribution in [1.82, 2.24) is 20.1 Å². The minimum atomic E-state index is 0.134. The fourth-order valence-electron chi connectivity index (χ4n) is 3.84. The Labute approximate surface area is 143 Å². The van der Waals surface area contributed by atoms with Gasteiger partial charge in [-0.1, -0.05) is 43.9 Å². The van der Waals surface area contributed by atoms with Crippen LogP contribution in [0.25, 0.3) is 0 Å². The maximum atomic E-state index is 12.2. The summed E-state index contributed by atoms with van der Waals surface area (Å²) in [5, 5.41) is 12.8. The summed E-state index contributed by atoms with van der Waals surface area (Å²) in [6.07, 6.45) is 11.1. The van der Waals surface area contributed by atoms with E-state index < -0.39 is 0 Å². The normalized spacial score (nSPS) is 20.0. The van der Waals surface area contributed by atoms with E-state index in [-0.39, 0.29) is 5.91 Å². The topological polar surface area (TPSA) is 59.8 Å². The molecule has 5 nitrogen and oxygen atoms in total. The van der Waals surface area contributed by atoms with E-state index in [1.54, 1.807) is 0 Å². The molecule has 0 unspecified atom stereocenters. The van der Waals surface area contributed by atoms with Crippen molar-refractivity contribution in [2.24, 2.45) is 0 Å². The van der Waals surface area contributed by atoms with Crippen LogP contribution in [0.2, 0.25) is 0 Å². The van der Waals surface area contributed by atoms with E-state index in [9.17, 15) is 4.79 Å². The molecule has 0 saturated heterocycles. The smallest absolute Gasteiger partial charge is 0.230 e. The highest BCUT2D eigenvalue weighted by molar-refractivity contribution is 7.99. The lowest BCUT2D eigenvalue weighted by Crippen LogP contribution is -2.37. The summed E-state index contributed by atoms with van der Waals surface area (Å²) in [5.41, 5.74) is 0. The van der Waals surface area contributed by atoms with Crippen LogP contribution in [0, 0.1) is 0 Å². The minimum Gasteiger partial charge on any atom is -0.353 e. The molecule has 0 atom stereocenters. The number of nitrogens with zero attached hydrogens (tertiary/aromatic N) is 3. The fraction of sp³-hybridized carbons (Fsp3) is 0.824. The third kappa shape index (κ3) is 4.28. The van der Waals surface area contributed by atoms with E-state index >= 15 is 0 Å². The molecule has 0 radical (unpaired) electrons. The third-order valence-electron chi connectivity index (χ3n) is 5.08. The van der Waals surface area contributed by atoms with Crippen molar-refractivity contribution in [2.75, 3.05) is 5.75 Å². The predicted octanol–water partition coefficient (Wildman–Crippen LogP) is 3.50. The van der Waals surface area contributed by atoms with Crippen LogP contribution in [0.4, 0.5) is 0 Å². The molecular weight excluding hydrogens is 308 g/mol. The van der Waals surface area contributed by atoms with Crippen LogP contribution in [0.3, 0.4) is 0 Å². The van der Waals surface area contributed by atoms with Gasteiger partial charge < -0.3 is 9.88 Å². The zero-order valence-electron chi connectivity index (χ0n) is 14.1. The number of hydrogen-bond acceptors (Lipinski definition) is 4. The predicted molar refractivity (Wildman–Crippen MR) is 92.6 cm³/mol. The number of carbonyl (C=O) groups excluding carboxylic acids is 1. The van der Waals surface area contributed by atoms with Gasteiger partial charge in [-0.15, -0.1) is 10.2 Å². The average molecular weight is 337 g/mol. The first kappa shape index (κ1) is 16.8. The molecule has 0 aromatic carbocycles. The summed E-state index contributed by atoms with van der Waals surface area (Å²) in [6.45, 7) is 3.01. The molecule has 1 amide bonds. The van der Waals surface area contributed by atoms with Crippen LogP contribution >= 0.6 is 11.8 Å². The van der Waals surface area contributed by atoms with Crippen LogP contribution in [0.1, 0.15) is 76.5 Å². The lowest BCUT2D eigenvalue weighted by atomic mass is 9.95. The van der Waals surface area contributed by atoms with Gasteiger partial charge in [-0.25, -0.2) is 0 Å². The van der Waals surface area contributed by atoms with Crippen molar-refractivity contribution in [3.63, 3.8) is 0 Å². The Morgan fingerprint density at radius 3 is 2.52 bits per heavy atom. The van der Waals surface area contributed by atoms with Crippen molar-refractivity contribution in [2.45, 2.75) is 88.4 Å². The zero-order chi connectivity index (χ0) is 16.1. The second-order valence-corrected chi connectivity index (χ2v) is 7.70. The highest BCUT2D eigenvalue weighted by atomic mass is 32.2. The lowest BCUT2D eigenvalue weighted by molar-refractivity contribution is -0.119. The summed E-state index contributed by atoms with van der Waals surface area (Å²) in [6, 6.07) is 0.384. The average Bonchev–Trinajstić information content (AvgIpc) is 3.22. The van der Waals surface area contributed by atoms with Crippen LogP contribution in [0.15, 0.2) is 5.16 Å². The van der Waals surface area contributed by atoms with Crippen LogP contribution < -0.4 is 5.32 Å². The van der Waals surface area contributed by atoms with Gasteiger partial charge in [0.2, 0.25) is 5.91 Å². The largest absolute Gasteiger partial charge is 0.353 e. The van der Waals surface area contributed by atoms with Crippen LogP contribution in [0.5, 0.6) is 0 Å². The highest BCUT2D eigenvalue weighted by Gasteiger charge is 2.24. The summed E-state index contributed by atoms with van der Waals surface area (Å²) in [7, 11) is 0. The molecule has 2 fully saturated rings. The first-order chi connectivity index (χ1) is 11.3. The van der Waals surface area contributed by atoms with Crippen molar-refractivity contribution < 1.29 is 4.79 Å². The Balaban J connectivity index is 1.54. The lowest BCUT2D eigenvalue weighted by Gasteiger charge is -2.22. The molecule has 1 heterocycles. The number of hydrogen-bond donors (Lipinski definition) is 1. The Kier molecular flexibility index (Phi) is 5.97. The van der Waals surface area contributed by atoms with Gasteiger partial charge >= 0.3 is 0 Å². The standard InChI is InChI=1S/C17H28N4OS/c1-2-21-16(13-8-6-7-9-13)19-20-17(21)23-12-15(22)18-14-10-4-3-5-11-14/h13-14H,2-12H2,1H3,(H,18,22). The van der Waals surface area contributed by atoms with Crippen molar-refractivity contribution in [1.29, 1.82) is 0 Å². The molecule has 0 aliphatic heterocycles. The maximum Gasteiger partial charge on any atom is 0.230 e. The molecule has 0 spiro atoms. The second kappa shape index (κ2) is 8.18. The van der Waals surface area contributed by atoms with E-state index in [1.807, 2.05) is 0 Å². The van der Waals surface area contributed by atoms with Gasteiger partial charge in [-0.3, -0.25) is 4.79 Å². The Morgan fingerprint density at radius 2 is 1.83 bits per heavy atom. The Hall–Kier alpha value is -1.04. The number of amides is 1. The molecule has 2 aliphatic carbocycles. The van der Waals surface area contributed by atoms with Crippen molar-refractivity contribution in [3.05, 3.63) is 5.82 Å². The Bertz CT molecular complexity index is 519. The van der Waals surface area contributed by atoms with Gasteiger partial charge in [-0.2, -0.15) is 0 Å². The van der Waals surface area contributed by atoms with Crippen LogP contribution in [-0.4, -0.2) is 32.5 Å². The number of rotatable bonds is 6. The third-order valence-corrected chi connectivity index (χ3v) is 6.05. The number of carbonyl (C=O) groups is 1. The van der Waals surface area contributed by atoms with Gasteiger partial charge in [0.1, 0.15) is 5.82 Å². The SMILES string of the molecule is CCn1c(SCC(=O)NC2CCCCC2)nnc1C1CCCC1. The molecule has 128 valence electrons.